The summed E-state index contributed by atoms with van der Waals surface area (Å²) in [6.07, 6.45) is 0. The van der Waals surface area contributed by atoms with Crippen molar-refractivity contribution in [1.82, 2.24) is 15.5 Å². The summed E-state index contributed by atoms with van der Waals surface area (Å²) >= 11 is 5.20. The van der Waals surface area contributed by atoms with Gasteiger partial charge in [0, 0.05) is 19.6 Å². The van der Waals surface area contributed by atoms with Crippen molar-refractivity contribution in [1.29, 1.82) is 0 Å². The minimum absolute atomic E-state index is 0.231. The van der Waals surface area contributed by atoms with Gasteiger partial charge in [-0.3, -0.25) is 14.5 Å². The summed E-state index contributed by atoms with van der Waals surface area (Å²) in [6, 6.07) is 9.09. The van der Waals surface area contributed by atoms with Crippen LogP contribution in [0.25, 0.3) is 0 Å². The number of nitrogens with zero attached hydrogens (tertiary/aromatic N) is 2. The third-order valence-electron chi connectivity index (χ3n) is 3.37. The molecule has 1 saturated heterocycles. The number of rotatable bonds is 5. The van der Waals surface area contributed by atoms with Crippen LogP contribution in [-0.2, 0) is 9.59 Å². The van der Waals surface area contributed by atoms with Gasteiger partial charge in [0.1, 0.15) is 5.92 Å². The zero-order valence-electron chi connectivity index (χ0n) is 12.7. The van der Waals surface area contributed by atoms with Crippen LogP contribution in [0, 0.1) is 5.92 Å². The van der Waals surface area contributed by atoms with Crippen molar-refractivity contribution in [2.45, 2.75) is 0 Å². The monoisotopic (exact) mass is 320 g/mol. The summed E-state index contributed by atoms with van der Waals surface area (Å²) in [5.41, 5.74) is 0.663. The van der Waals surface area contributed by atoms with Gasteiger partial charge < -0.3 is 15.5 Å². The van der Waals surface area contributed by atoms with Gasteiger partial charge in [0.15, 0.2) is 5.11 Å². The number of anilines is 1. The van der Waals surface area contributed by atoms with Crippen molar-refractivity contribution in [3.8, 4) is 0 Å². The number of para-hydroxylation sites is 1. The topological polar surface area (TPSA) is 64.7 Å². The van der Waals surface area contributed by atoms with E-state index in [-0.39, 0.29) is 18.4 Å². The Bertz CT molecular complexity index is 562. The van der Waals surface area contributed by atoms with Crippen LogP contribution in [0.5, 0.6) is 0 Å². The van der Waals surface area contributed by atoms with Gasteiger partial charge in [-0.2, -0.15) is 0 Å². The van der Waals surface area contributed by atoms with Crippen molar-refractivity contribution < 1.29 is 9.59 Å². The fourth-order valence-corrected chi connectivity index (χ4v) is 2.44. The third-order valence-corrected chi connectivity index (χ3v) is 3.70. The molecule has 1 heterocycles. The molecule has 1 unspecified atom stereocenters. The quantitative estimate of drug-likeness (QED) is 0.599. The molecule has 7 heteroatoms. The van der Waals surface area contributed by atoms with Crippen molar-refractivity contribution >= 4 is 34.8 Å². The SMILES string of the molecule is CN(C)CCNC(=O)C1CNC(=S)N(c2ccccc2)C1=O. The van der Waals surface area contributed by atoms with E-state index in [2.05, 4.69) is 10.6 Å². The second kappa shape index (κ2) is 7.33. The van der Waals surface area contributed by atoms with Gasteiger partial charge in [-0.05, 0) is 38.4 Å². The zero-order valence-corrected chi connectivity index (χ0v) is 13.5. The average molecular weight is 320 g/mol. The van der Waals surface area contributed by atoms with Crippen LogP contribution < -0.4 is 15.5 Å². The highest BCUT2D eigenvalue weighted by Crippen LogP contribution is 2.19. The Balaban J connectivity index is 2.07. The molecular weight excluding hydrogens is 300 g/mol. The van der Waals surface area contributed by atoms with E-state index >= 15 is 0 Å². The van der Waals surface area contributed by atoms with Crippen molar-refractivity contribution in [3.63, 3.8) is 0 Å². The summed E-state index contributed by atoms with van der Waals surface area (Å²) in [5.74, 6) is -1.34. The summed E-state index contributed by atoms with van der Waals surface area (Å²) in [4.78, 5) is 28.2. The first kappa shape index (κ1) is 16.4. The standard InChI is InChI=1S/C15H20N4O2S/c1-18(2)9-8-16-13(20)12-10-17-15(22)19(14(12)21)11-6-4-3-5-7-11/h3-7,12H,8-10H2,1-2H3,(H,16,20)(H,17,22). The molecule has 0 radical (unpaired) electrons. The maximum Gasteiger partial charge on any atom is 0.247 e. The van der Waals surface area contributed by atoms with E-state index in [1.54, 1.807) is 12.1 Å². The van der Waals surface area contributed by atoms with E-state index in [4.69, 9.17) is 12.2 Å². The van der Waals surface area contributed by atoms with Gasteiger partial charge in [-0.15, -0.1) is 0 Å². The molecule has 1 aliphatic heterocycles. The Hall–Kier alpha value is -1.99. The normalized spacial score (nSPS) is 18.3. The number of amides is 2. The summed E-state index contributed by atoms with van der Waals surface area (Å²) in [7, 11) is 3.85. The molecule has 1 aliphatic rings. The highest BCUT2D eigenvalue weighted by molar-refractivity contribution is 7.80. The molecule has 2 amide bonds. The Morgan fingerprint density at radius 3 is 2.73 bits per heavy atom. The smallest absolute Gasteiger partial charge is 0.247 e. The Labute approximate surface area is 135 Å². The van der Waals surface area contributed by atoms with E-state index in [0.29, 0.717) is 17.3 Å². The number of benzene rings is 1. The second-order valence-electron chi connectivity index (χ2n) is 5.34. The minimum Gasteiger partial charge on any atom is -0.361 e. The maximum absolute atomic E-state index is 12.6. The summed E-state index contributed by atoms with van der Waals surface area (Å²) < 4.78 is 0. The second-order valence-corrected chi connectivity index (χ2v) is 5.73. The molecule has 118 valence electrons. The molecule has 2 rings (SSSR count). The lowest BCUT2D eigenvalue weighted by Gasteiger charge is -2.33. The average Bonchev–Trinajstić information content (AvgIpc) is 2.48. The molecule has 1 aromatic carbocycles. The van der Waals surface area contributed by atoms with E-state index in [9.17, 15) is 9.59 Å². The molecule has 0 saturated carbocycles. The number of thiocarbonyl (C=S) groups is 1. The first-order valence-electron chi connectivity index (χ1n) is 7.10. The van der Waals surface area contributed by atoms with Crippen LogP contribution in [0.4, 0.5) is 5.69 Å². The van der Waals surface area contributed by atoms with Gasteiger partial charge in [0.05, 0.1) is 5.69 Å². The fourth-order valence-electron chi connectivity index (χ4n) is 2.16. The van der Waals surface area contributed by atoms with Crippen LogP contribution in [0.3, 0.4) is 0 Å². The molecule has 0 spiro atoms. The van der Waals surface area contributed by atoms with Crippen LogP contribution in [0.1, 0.15) is 0 Å². The van der Waals surface area contributed by atoms with Gasteiger partial charge in [0.2, 0.25) is 11.8 Å². The van der Waals surface area contributed by atoms with E-state index < -0.39 is 5.92 Å². The predicted octanol–water partition coefficient (Wildman–Crippen LogP) is 0.202. The number of nitrogens with one attached hydrogen (secondary N) is 2. The molecule has 2 N–H and O–H groups in total. The van der Waals surface area contributed by atoms with Crippen LogP contribution in [-0.4, -0.2) is 55.6 Å². The summed E-state index contributed by atoms with van der Waals surface area (Å²) in [5, 5.41) is 6.07. The fraction of sp³-hybridized carbons (Fsp3) is 0.400. The molecular formula is C15H20N4O2S. The highest BCUT2D eigenvalue weighted by Gasteiger charge is 2.37. The lowest BCUT2D eigenvalue weighted by Crippen LogP contribution is -2.59. The largest absolute Gasteiger partial charge is 0.361 e. The third kappa shape index (κ3) is 3.80. The van der Waals surface area contributed by atoms with Gasteiger partial charge in [0.25, 0.3) is 0 Å². The summed E-state index contributed by atoms with van der Waals surface area (Å²) in [6.45, 7) is 1.46. The van der Waals surface area contributed by atoms with Gasteiger partial charge in [-0.1, -0.05) is 18.2 Å². The number of carbonyl (C=O) groups is 2. The number of likely N-dealkylation sites (N-methyl/N-ethyl adjacent to an activating group) is 1. The molecule has 22 heavy (non-hydrogen) atoms. The minimum atomic E-state index is -0.769. The Morgan fingerprint density at radius 1 is 1.41 bits per heavy atom. The molecule has 0 aliphatic carbocycles. The predicted molar refractivity (Wildman–Crippen MR) is 89.6 cm³/mol. The zero-order chi connectivity index (χ0) is 16.1. The molecule has 1 fully saturated rings. The highest BCUT2D eigenvalue weighted by atomic mass is 32.1. The molecule has 6 nitrogen and oxygen atoms in total. The maximum atomic E-state index is 12.6. The number of hydrogen-bond acceptors (Lipinski definition) is 4. The van der Waals surface area contributed by atoms with E-state index in [1.165, 1.54) is 4.90 Å². The molecule has 0 aromatic heterocycles. The van der Waals surface area contributed by atoms with Crippen molar-refractivity contribution in [3.05, 3.63) is 30.3 Å². The molecule has 0 bridgehead atoms. The molecule has 1 atom stereocenters. The van der Waals surface area contributed by atoms with Crippen LogP contribution in [0.15, 0.2) is 30.3 Å². The first-order chi connectivity index (χ1) is 10.5. The van der Waals surface area contributed by atoms with Crippen molar-refractivity contribution in [2.75, 3.05) is 38.6 Å². The van der Waals surface area contributed by atoms with E-state index in [0.717, 1.165) is 6.54 Å². The number of hydrogen-bond donors (Lipinski definition) is 2. The van der Waals surface area contributed by atoms with Gasteiger partial charge >= 0.3 is 0 Å². The van der Waals surface area contributed by atoms with E-state index in [1.807, 2.05) is 37.2 Å². The number of carbonyl (C=O) groups excluding carboxylic acids is 2. The first-order valence-corrected chi connectivity index (χ1v) is 7.51. The lowest BCUT2D eigenvalue weighted by atomic mass is 10.0. The van der Waals surface area contributed by atoms with Crippen molar-refractivity contribution in [2.24, 2.45) is 5.92 Å². The Morgan fingerprint density at radius 2 is 2.09 bits per heavy atom. The lowest BCUT2D eigenvalue weighted by molar-refractivity contribution is -0.133. The molecule has 1 aromatic rings. The Kier molecular flexibility index (Phi) is 5.46. The van der Waals surface area contributed by atoms with Crippen LogP contribution >= 0.6 is 12.2 Å². The van der Waals surface area contributed by atoms with Gasteiger partial charge in [-0.25, -0.2) is 0 Å². The van der Waals surface area contributed by atoms with Crippen LogP contribution in [0.2, 0.25) is 0 Å².